The van der Waals surface area contributed by atoms with E-state index in [0.29, 0.717) is 12.6 Å². The second kappa shape index (κ2) is 6.86. The molecule has 0 bridgehead atoms. The maximum atomic E-state index is 5.52. The molecule has 1 atom stereocenters. The van der Waals surface area contributed by atoms with E-state index in [1.54, 1.807) is 11.3 Å². The van der Waals surface area contributed by atoms with Gasteiger partial charge in [-0.2, -0.15) is 0 Å². The minimum Gasteiger partial charge on any atom is -0.494 e. The Balaban J connectivity index is 1.98. The number of benzene rings is 1. The third-order valence-electron chi connectivity index (χ3n) is 3.15. The summed E-state index contributed by atoms with van der Waals surface area (Å²) in [7, 11) is 0. The van der Waals surface area contributed by atoms with E-state index < -0.39 is 0 Å². The predicted molar refractivity (Wildman–Crippen MR) is 84.5 cm³/mol. The lowest BCUT2D eigenvalue weighted by atomic mass is 10.2. The van der Waals surface area contributed by atoms with Crippen LogP contribution in [-0.4, -0.2) is 11.6 Å². The SMILES string of the molecule is CCOc1cccc(CNC(C)c2sc(C)nc2C)c1. The summed E-state index contributed by atoms with van der Waals surface area (Å²) < 4.78 is 5.52. The second-order valence-corrected chi connectivity index (χ2v) is 6.10. The molecule has 1 unspecified atom stereocenters. The molecule has 0 saturated carbocycles. The van der Waals surface area contributed by atoms with E-state index in [0.717, 1.165) is 23.0 Å². The highest BCUT2D eigenvalue weighted by molar-refractivity contribution is 7.11. The van der Waals surface area contributed by atoms with Crippen molar-refractivity contribution < 1.29 is 4.74 Å². The van der Waals surface area contributed by atoms with E-state index in [-0.39, 0.29) is 0 Å². The number of thiazole rings is 1. The number of nitrogens with zero attached hydrogens (tertiary/aromatic N) is 1. The van der Waals surface area contributed by atoms with Crippen molar-refractivity contribution in [1.29, 1.82) is 0 Å². The predicted octanol–water partition coefficient (Wildman–Crippen LogP) is 4.01. The van der Waals surface area contributed by atoms with Crippen LogP contribution in [0.3, 0.4) is 0 Å². The molecule has 2 rings (SSSR count). The van der Waals surface area contributed by atoms with E-state index >= 15 is 0 Å². The Hall–Kier alpha value is -1.39. The van der Waals surface area contributed by atoms with Crippen LogP contribution in [0.5, 0.6) is 5.75 Å². The highest BCUT2D eigenvalue weighted by Crippen LogP contribution is 2.24. The van der Waals surface area contributed by atoms with Crippen LogP contribution in [0.1, 0.15) is 41.0 Å². The smallest absolute Gasteiger partial charge is 0.119 e. The quantitative estimate of drug-likeness (QED) is 0.873. The molecule has 20 heavy (non-hydrogen) atoms. The van der Waals surface area contributed by atoms with Gasteiger partial charge in [-0.3, -0.25) is 0 Å². The summed E-state index contributed by atoms with van der Waals surface area (Å²) >= 11 is 1.77. The Morgan fingerprint density at radius 2 is 2.15 bits per heavy atom. The Kier molecular flexibility index (Phi) is 5.15. The van der Waals surface area contributed by atoms with Crippen LogP contribution in [0.2, 0.25) is 0 Å². The van der Waals surface area contributed by atoms with E-state index in [1.807, 2.05) is 19.1 Å². The average Bonchev–Trinajstić information content (AvgIpc) is 2.76. The normalized spacial score (nSPS) is 12.4. The molecule has 4 heteroatoms. The maximum Gasteiger partial charge on any atom is 0.119 e. The van der Waals surface area contributed by atoms with Crippen molar-refractivity contribution in [1.82, 2.24) is 10.3 Å². The molecule has 1 N–H and O–H groups in total. The summed E-state index contributed by atoms with van der Waals surface area (Å²) in [5.74, 6) is 0.935. The molecule has 0 aliphatic carbocycles. The fourth-order valence-electron chi connectivity index (χ4n) is 2.22. The molecule has 0 saturated heterocycles. The van der Waals surface area contributed by atoms with Crippen LogP contribution in [0.4, 0.5) is 0 Å². The van der Waals surface area contributed by atoms with Gasteiger partial charge in [0, 0.05) is 17.5 Å². The van der Waals surface area contributed by atoms with Crippen LogP contribution >= 0.6 is 11.3 Å². The first kappa shape index (κ1) is 15.0. The molecule has 108 valence electrons. The van der Waals surface area contributed by atoms with E-state index in [2.05, 4.69) is 43.2 Å². The van der Waals surface area contributed by atoms with Gasteiger partial charge in [0.25, 0.3) is 0 Å². The standard InChI is InChI=1S/C16H22N2OS/c1-5-19-15-8-6-7-14(9-15)10-17-11(2)16-12(3)18-13(4)20-16/h6-9,11,17H,5,10H2,1-4H3. The number of rotatable bonds is 6. The Labute approximate surface area is 125 Å². The van der Waals surface area contributed by atoms with Gasteiger partial charge in [0.2, 0.25) is 0 Å². The zero-order valence-electron chi connectivity index (χ0n) is 12.6. The summed E-state index contributed by atoms with van der Waals surface area (Å²) in [5, 5.41) is 4.68. The van der Waals surface area contributed by atoms with Gasteiger partial charge in [-0.25, -0.2) is 4.98 Å². The van der Waals surface area contributed by atoms with E-state index in [9.17, 15) is 0 Å². The molecule has 0 aliphatic heterocycles. The van der Waals surface area contributed by atoms with Crippen molar-refractivity contribution >= 4 is 11.3 Å². The van der Waals surface area contributed by atoms with Crippen molar-refractivity contribution in [3.8, 4) is 5.75 Å². The number of hydrogen-bond donors (Lipinski definition) is 1. The number of hydrogen-bond acceptors (Lipinski definition) is 4. The topological polar surface area (TPSA) is 34.1 Å². The summed E-state index contributed by atoms with van der Waals surface area (Å²) in [4.78, 5) is 5.81. The molecule has 0 spiro atoms. The van der Waals surface area contributed by atoms with Crippen molar-refractivity contribution in [2.75, 3.05) is 6.61 Å². The molecule has 0 amide bonds. The fraction of sp³-hybridized carbons (Fsp3) is 0.438. The van der Waals surface area contributed by atoms with Gasteiger partial charge in [-0.1, -0.05) is 12.1 Å². The first-order chi connectivity index (χ1) is 9.60. The molecule has 1 aromatic heterocycles. The third kappa shape index (κ3) is 3.81. The largest absolute Gasteiger partial charge is 0.494 e. The number of aromatic nitrogens is 1. The average molecular weight is 290 g/mol. The monoisotopic (exact) mass is 290 g/mol. The first-order valence-corrected chi connectivity index (χ1v) is 7.81. The lowest BCUT2D eigenvalue weighted by Gasteiger charge is -2.13. The van der Waals surface area contributed by atoms with Gasteiger partial charge in [0.15, 0.2) is 0 Å². The number of nitrogens with one attached hydrogen (secondary N) is 1. The molecular weight excluding hydrogens is 268 g/mol. The van der Waals surface area contributed by atoms with Crippen LogP contribution in [-0.2, 0) is 6.54 Å². The fourth-order valence-corrected chi connectivity index (χ4v) is 3.18. The van der Waals surface area contributed by atoms with E-state index in [1.165, 1.54) is 10.4 Å². The van der Waals surface area contributed by atoms with Gasteiger partial charge in [0.1, 0.15) is 5.75 Å². The highest BCUT2D eigenvalue weighted by Gasteiger charge is 2.12. The molecule has 0 aliphatic rings. The molecule has 0 fully saturated rings. The molecule has 2 aromatic rings. The van der Waals surface area contributed by atoms with Crippen LogP contribution < -0.4 is 10.1 Å². The van der Waals surface area contributed by atoms with Crippen molar-refractivity contribution in [3.05, 3.63) is 45.4 Å². The van der Waals surface area contributed by atoms with Crippen LogP contribution in [0.25, 0.3) is 0 Å². The molecular formula is C16H22N2OS. The Bertz CT molecular complexity index is 565. The first-order valence-electron chi connectivity index (χ1n) is 6.99. The Morgan fingerprint density at radius 3 is 2.80 bits per heavy atom. The van der Waals surface area contributed by atoms with Gasteiger partial charge in [-0.05, 0) is 45.4 Å². The molecule has 1 aromatic carbocycles. The maximum absolute atomic E-state index is 5.52. The number of aryl methyl sites for hydroxylation is 2. The zero-order chi connectivity index (χ0) is 14.5. The molecule has 0 radical (unpaired) electrons. The minimum atomic E-state index is 0.317. The second-order valence-electron chi connectivity index (χ2n) is 4.87. The zero-order valence-corrected chi connectivity index (χ0v) is 13.4. The minimum absolute atomic E-state index is 0.317. The van der Waals surface area contributed by atoms with Gasteiger partial charge in [0.05, 0.1) is 17.3 Å². The van der Waals surface area contributed by atoms with Gasteiger partial charge < -0.3 is 10.1 Å². The summed E-state index contributed by atoms with van der Waals surface area (Å²) in [6, 6.07) is 8.56. The van der Waals surface area contributed by atoms with E-state index in [4.69, 9.17) is 4.74 Å². The summed E-state index contributed by atoms with van der Waals surface area (Å²) in [6.45, 7) is 9.85. The highest BCUT2D eigenvalue weighted by atomic mass is 32.1. The number of ether oxygens (including phenoxy) is 1. The van der Waals surface area contributed by atoms with Gasteiger partial charge >= 0.3 is 0 Å². The lowest BCUT2D eigenvalue weighted by Crippen LogP contribution is -2.17. The molecule has 3 nitrogen and oxygen atoms in total. The lowest BCUT2D eigenvalue weighted by molar-refractivity contribution is 0.339. The molecule has 1 heterocycles. The van der Waals surface area contributed by atoms with Crippen LogP contribution in [0.15, 0.2) is 24.3 Å². The Morgan fingerprint density at radius 1 is 1.35 bits per heavy atom. The van der Waals surface area contributed by atoms with Crippen molar-refractivity contribution in [2.24, 2.45) is 0 Å². The summed E-state index contributed by atoms with van der Waals surface area (Å²) in [6.07, 6.45) is 0. The van der Waals surface area contributed by atoms with Crippen molar-refractivity contribution in [2.45, 2.75) is 40.3 Å². The third-order valence-corrected chi connectivity index (χ3v) is 4.41. The van der Waals surface area contributed by atoms with Crippen LogP contribution in [0, 0.1) is 13.8 Å². The summed E-state index contributed by atoms with van der Waals surface area (Å²) in [5.41, 5.74) is 2.37. The van der Waals surface area contributed by atoms with Crippen molar-refractivity contribution in [3.63, 3.8) is 0 Å². The van der Waals surface area contributed by atoms with Gasteiger partial charge in [-0.15, -0.1) is 11.3 Å².